The number of carbonyl (C=O) groups is 3. The van der Waals surface area contributed by atoms with Crippen LogP contribution in [0.15, 0.2) is 108 Å². The van der Waals surface area contributed by atoms with Crippen LogP contribution in [0.4, 0.5) is 14.5 Å². The molecule has 0 spiro atoms. The fraction of sp³-hybridized carbons (Fsp3) is 0.129. The third kappa shape index (κ3) is 7.50. The Kier molecular flexibility index (Phi) is 9.19. The molecule has 0 aliphatic rings. The van der Waals surface area contributed by atoms with Gasteiger partial charge in [0.2, 0.25) is 17.7 Å². The van der Waals surface area contributed by atoms with Crippen LogP contribution < -0.4 is 10.6 Å². The van der Waals surface area contributed by atoms with Crippen molar-refractivity contribution >= 4 is 23.4 Å². The van der Waals surface area contributed by atoms with Gasteiger partial charge in [0, 0.05) is 23.4 Å². The van der Waals surface area contributed by atoms with Gasteiger partial charge in [0.1, 0.15) is 23.4 Å². The van der Waals surface area contributed by atoms with E-state index < -0.39 is 35.4 Å². The van der Waals surface area contributed by atoms with Crippen LogP contribution in [0.25, 0.3) is 0 Å². The lowest BCUT2D eigenvalue weighted by Crippen LogP contribution is -2.43. The fourth-order valence-electron chi connectivity index (χ4n) is 4.06. The molecule has 1 atom stereocenters. The molecule has 4 aromatic rings. The molecule has 0 fully saturated rings. The smallest absolute Gasteiger partial charge is 0.248 e. The van der Waals surface area contributed by atoms with Crippen molar-refractivity contribution in [2.24, 2.45) is 0 Å². The van der Waals surface area contributed by atoms with E-state index in [-0.39, 0.29) is 18.7 Å². The number of amides is 3. The van der Waals surface area contributed by atoms with E-state index in [1.165, 1.54) is 48.7 Å². The van der Waals surface area contributed by atoms with E-state index in [1.54, 1.807) is 36.4 Å². The summed E-state index contributed by atoms with van der Waals surface area (Å²) in [7, 11) is 0. The first kappa shape index (κ1) is 28.0. The van der Waals surface area contributed by atoms with E-state index in [2.05, 4.69) is 10.6 Å². The minimum atomic E-state index is -1.29. The first-order valence-electron chi connectivity index (χ1n) is 12.5. The zero-order valence-electron chi connectivity index (χ0n) is 21.6. The molecular formula is C31H27F2N3O4. The van der Waals surface area contributed by atoms with E-state index in [0.717, 1.165) is 22.6 Å². The molecule has 2 N–H and O–H groups in total. The van der Waals surface area contributed by atoms with Crippen molar-refractivity contribution < 1.29 is 27.6 Å². The Morgan fingerprint density at radius 3 is 2.40 bits per heavy atom. The summed E-state index contributed by atoms with van der Waals surface area (Å²) in [6, 6.07) is 20.1. The van der Waals surface area contributed by atoms with E-state index in [4.69, 9.17) is 4.42 Å². The minimum Gasteiger partial charge on any atom is -0.467 e. The highest BCUT2D eigenvalue weighted by Crippen LogP contribution is 2.26. The van der Waals surface area contributed by atoms with Crippen molar-refractivity contribution in [3.8, 4) is 0 Å². The molecule has 7 nitrogen and oxygen atoms in total. The van der Waals surface area contributed by atoms with Crippen LogP contribution in [0.5, 0.6) is 0 Å². The Morgan fingerprint density at radius 1 is 0.925 bits per heavy atom. The Balaban J connectivity index is 1.65. The van der Waals surface area contributed by atoms with Gasteiger partial charge in [-0.05, 0) is 60.5 Å². The van der Waals surface area contributed by atoms with Gasteiger partial charge in [-0.1, -0.05) is 42.5 Å². The Bertz CT molecular complexity index is 1500. The lowest BCUT2D eigenvalue weighted by atomic mass is 10.0. The van der Waals surface area contributed by atoms with Crippen molar-refractivity contribution in [3.63, 3.8) is 0 Å². The van der Waals surface area contributed by atoms with Gasteiger partial charge in [0.15, 0.2) is 0 Å². The summed E-state index contributed by atoms with van der Waals surface area (Å²) in [6.07, 6.45) is 3.52. The largest absolute Gasteiger partial charge is 0.467 e. The predicted molar refractivity (Wildman–Crippen MR) is 146 cm³/mol. The molecule has 0 bridgehead atoms. The maximum absolute atomic E-state index is 14.7. The number of halogens is 2. The SMILES string of the molecule is Cc1cccc(NC(=O)C=CC(=O)N(Cc2ccccc2F)C(C(=O)NCc2ccco2)c2ccc(F)cc2)c1. The van der Waals surface area contributed by atoms with Gasteiger partial charge in [-0.15, -0.1) is 0 Å². The molecule has 0 radical (unpaired) electrons. The zero-order valence-corrected chi connectivity index (χ0v) is 21.6. The molecule has 0 saturated carbocycles. The van der Waals surface area contributed by atoms with Gasteiger partial charge < -0.3 is 20.0 Å². The van der Waals surface area contributed by atoms with Crippen molar-refractivity contribution in [1.29, 1.82) is 0 Å². The molecule has 0 aliphatic heterocycles. The maximum atomic E-state index is 14.7. The van der Waals surface area contributed by atoms with Gasteiger partial charge in [-0.2, -0.15) is 0 Å². The highest BCUT2D eigenvalue weighted by molar-refractivity contribution is 6.04. The highest BCUT2D eigenvalue weighted by atomic mass is 19.1. The molecule has 0 aliphatic carbocycles. The van der Waals surface area contributed by atoms with Crippen LogP contribution in [0.1, 0.15) is 28.5 Å². The summed E-state index contributed by atoms with van der Waals surface area (Å²) in [6.45, 7) is 1.60. The summed E-state index contributed by atoms with van der Waals surface area (Å²) in [5, 5.41) is 5.39. The van der Waals surface area contributed by atoms with Crippen molar-refractivity contribution in [2.75, 3.05) is 5.32 Å². The first-order valence-corrected chi connectivity index (χ1v) is 12.5. The van der Waals surface area contributed by atoms with Gasteiger partial charge >= 0.3 is 0 Å². The highest BCUT2D eigenvalue weighted by Gasteiger charge is 2.31. The predicted octanol–water partition coefficient (Wildman–Crippen LogP) is 5.45. The van der Waals surface area contributed by atoms with Crippen LogP contribution in [0.3, 0.4) is 0 Å². The maximum Gasteiger partial charge on any atom is 0.248 e. The average Bonchev–Trinajstić information content (AvgIpc) is 3.46. The van der Waals surface area contributed by atoms with Crippen LogP contribution in [-0.2, 0) is 27.5 Å². The lowest BCUT2D eigenvalue weighted by molar-refractivity contribution is -0.138. The quantitative estimate of drug-likeness (QED) is 0.260. The molecule has 9 heteroatoms. The van der Waals surface area contributed by atoms with Crippen LogP contribution in [-0.4, -0.2) is 22.6 Å². The van der Waals surface area contributed by atoms with Gasteiger partial charge in [0.05, 0.1) is 19.4 Å². The summed E-state index contributed by atoms with van der Waals surface area (Å²) in [4.78, 5) is 40.7. The molecule has 1 heterocycles. The molecular weight excluding hydrogens is 516 g/mol. The third-order valence-electron chi connectivity index (χ3n) is 6.01. The van der Waals surface area contributed by atoms with Gasteiger partial charge in [0.25, 0.3) is 0 Å². The summed E-state index contributed by atoms with van der Waals surface area (Å²) >= 11 is 0. The number of nitrogens with one attached hydrogen (secondary N) is 2. The normalized spacial score (nSPS) is 11.7. The number of hydrogen-bond donors (Lipinski definition) is 2. The number of hydrogen-bond acceptors (Lipinski definition) is 4. The fourth-order valence-corrected chi connectivity index (χ4v) is 4.06. The molecule has 0 saturated heterocycles. The Morgan fingerprint density at radius 2 is 1.70 bits per heavy atom. The number of furan rings is 1. The molecule has 40 heavy (non-hydrogen) atoms. The Hall–Kier alpha value is -5.05. The van der Waals surface area contributed by atoms with Crippen molar-refractivity contribution in [1.82, 2.24) is 10.2 Å². The van der Waals surface area contributed by atoms with E-state index in [9.17, 15) is 23.2 Å². The van der Waals surface area contributed by atoms with E-state index in [0.29, 0.717) is 17.0 Å². The van der Waals surface area contributed by atoms with Gasteiger partial charge in [-0.25, -0.2) is 8.78 Å². The summed E-state index contributed by atoms with van der Waals surface area (Å²) in [5.74, 6) is -2.53. The third-order valence-corrected chi connectivity index (χ3v) is 6.01. The molecule has 3 aromatic carbocycles. The molecule has 4 rings (SSSR count). The lowest BCUT2D eigenvalue weighted by Gasteiger charge is -2.31. The van der Waals surface area contributed by atoms with Crippen molar-refractivity contribution in [2.45, 2.75) is 26.1 Å². The second kappa shape index (κ2) is 13.1. The number of carbonyl (C=O) groups excluding carboxylic acids is 3. The number of rotatable bonds is 10. The van der Waals surface area contributed by atoms with E-state index >= 15 is 0 Å². The van der Waals surface area contributed by atoms with E-state index in [1.807, 2.05) is 13.0 Å². The molecule has 1 aromatic heterocycles. The number of anilines is 1. The standard InChI is InChI=1S/C31H27F2N3O4/c1-21-6-4-8-25(18-21)35-28(37)15-16-29(38)36(20-23-7-2-3-10-27(23)33)30(22-11-13-24(32)14-12-22)31(39)34-19-26-9-5-17-40-26/h2-18,30H,19-20H2,1H3,(H,34,39)(H,35,37). The summed E-state index contributed by atoms with van der Waals surface area (Å²) in [5.41, 5.74) is 1.93. The number of benzene rings is 3. The topological polar surface area (TPSA) is 91.7 Å². The van der Waals surface area contributed by atoms with Crippen molar-refractivity contribution in [3.05, 3.63) is 137 Å². The monoisotopic (exact) mass is 543 g/mol. The average molecular weight is 544 g/mol. The summed E-state index contributed by atoms with van der Waals surface area (Å²) < 4.78 is 33.7. The first-order chi connectivity index (χ1) is 19.3. The zero-order chi connectivity index (χ0) is 28.5. The Labute approximate surface area is 230 Å². The second-order valence-corrected chi connectivity index (χ2v) is 9.00. The molecule has 204 valence electrons. The van der Waals surface area contributed by atoms with Crippen LogP contribution in [0.2, 0.25) is 0 Å². The van der Waals surface area contributed by atoms with Crippen LogP contribution >= 0.6 is 0 Å². The minimum absolute atomic E-state index is 0.0278. The number of nitrogens with zero attached hydrogens (tertiary/aromatic N) is 1. The van der Waals surface area contributed by atoms with Crippen LogP contribution in [0, 0.1) is 18.6 Å². The number of aryl methyl sites for hydroxylation is 1. The molecule has 3 amide bonds. The molecule has 1 unspecified atom stereocenters. The second-order valence-electron chi connectivity index (χ2n) is 9.00. The van der Waals surface area contributed by atoms with Gasteiger partial charge in [-0.3, -0.25) is 14.4 Å².